The second kappa shape index (κ2) is 3.23. The predicted molar refractivity (Wildman–Crippen MR) is 64.0 cm³/mol. The van der Waals surface area contributed by atoms with Crippen LogP contribution in [-0.2, 0) is 11.8 Å². The molecular formula is C15H18. The Bertz CT molecular complexity index is 391. The summed E-state index contributed by atoms with van der Waals surface area (Å²) in [6.45, 7) is 3.87. The van der Waals surface area contributed by atoms with E-state index < -0.39 is 0 Å². The third kappa shape index (κ3) is 1.27. The smallest absolute Gasteiger partial charge is 0.000959 e. The van der Waals surface area contributed by atoms with E-state index in [-0.39, 0.29) is 0 Å². The molecule has 0 aliphatic heterocycles. The maximum Gasteiger partial charge on any atom is -0.000959 e. The lowest BCUT2D eigenvalue weighted by Crippen LogP contribution is -2.18. The van der Waals surface area contributed by atoms with Gasteiger partial charge in [0.1, 0.15) is 0 Å². The molecule has 0 bridgehead atoms. The maximum atomic E-state index is 3.87. The van der Waals surface area contributed by atoms with Crippen LogP contribution >= 0.6 is 0 Å². The molecule has 0 saturated heterocycles. The second-order valence-corrected chi connectivity index (χ2v) is 5.09. The molecule has 0 nitrogen and oxygen atoms in total. The molecule has 0 N–H and O–H groups in total. The van der Waals surface area contributed by atoms with Gasteiger partial charge in [0.15, 0.2) is 0 Å². The number of hydrogen-bond acceptors (Lipinski definition) is 0. The molecule has 0 unspecified atom stereocenters. The standard InChI is InChI=1S/C15H18/c1-2-6-13-11-15(13)10-5-8-12-7-3-4-9-14(12)15/h2-4,7,9,13H,1,5-6,8,10-11H2/t13-,15-/m1/s1. The highest BCUT2D eigenvalue weighted by atomic mass is 14.6. The normalized spacial score (nSPS) is 32.4. The first kappa shape index (κ1) is 9.21. The van der Waals surface area contributed by atoms with Crippen molar-refractivity contribution in [3.8, 4) is 0 Å². The highest BCUT2D eigenvalue weighted by Crippen LogP contribution is 2.61. The Kier molecular flexibility index (Phi) is 1.98. The molecule has 15 heavy (non-hydrogen) atoms. The zero-order chi connectivity index (χ0) is 10.3. The fourth-order valence-electron chi connectivity index (χ4n) is 3.48. The highest BCUT2D eigenvalue weighted by Gasteiger charge is 2.55. The molecule has 78 valence electrons. The fraction of sp³-hybridized carbons (Fsp3) is 0.467. The van der Waals surface area contributed by atoms with Gasteiger partial charge in [-0.3, -0.25) is 0 Å². The first-order chi connectivity index (χ1) is 7.37. The summed E-state index contributed by atoms with van der Waals surface area (Å²) >= 11 is 0. The van der Waals surface area contributed by atoms with Crippen LogP contribution in [0.5, 0.6) is 0 Å². The topological polar surface area (TPSA) is 0 Å². The van der Waals surface area contributed by atoms with Crippen molar-refractivity contribution in [3.63, 3.8) is 0 Å². The van der Waals surface area contributed by atoms with Crippen molar-refractivity contribution >= 4 is 0 Å². The van der Waals surface area contributed by atoms with Crippen molar-refractivity contribution in [3.05, 3.63) is 48.0 Å². The van der Waals surface area contributed by atoms with Crippen LogP contribution in [-0.4, -0.2) is 0 Å². The van der Waals surface area contributed by atoms with Crippen LogP contribution in [0, 0.1) is 5.92 Å². The van der Waals surface area contributed by atoms with Crippen molar-refractivity contribution in [2.45, 2.75) is 37.5 Å². The van der Waals surface area contributed by atoms with Gasteiger partial charge in [-0.05, 0) is 54.6 Å². The summed E-state index contributed by atoms with van der Waals surface area (Å²) in [5.41, 5.74) is 3.82. The third-order valence-electron chi connectivity index (χ3n) is 4.31. The van der Waals surface area contributed by atoms with E-state index in [0.29, 0.717) is 5.41 Å². The van der Waals surface area contributed by atoms with Crippen LogP contribution in [0.3, 0.4) is 0 Å². The lowest BCUT2D eigenvalue weighted by Gasteiger charge is -2.26. The van der Waals surface area contributed by atoms with Crippen molar-refractivity contribution < 1.29 is 0 Å². The molecule has 0 heterocycles. The van der Waals surface area contributed by atoms with Crippen LogP contribution in [0.1, 0.15) is 36.8 Å². The molecule has 1 saturated carbocycles. The highest BCUT2D eigenvalue weighted by molar-refractivity contribution is 5.42. The SMILES string of the molecule is C=CC[C@@H]1C[C@]12CCCc1ccccc12. The Labute approximate surface area is 92.0 Å². The minimum Gasteiger partial charge on any atom is -0.103 e. The molecule has 0 amide bonds. The van der Waals surface area contributed by atoms with Gasteiger partial charge in [-0.15, -0.1) is 6.58 Å². The molecule has 0 heteroatoms. The minimum atomic E-state index is 0.559. The third-order valence-corrected chi connectivity index (χ3v) is 4.31. The summed E-state index contributed by atoms with van der Waals surface area (Å²) in [6.07, 6.45) is 8.77. The molecule has 1 aromatic rings. The molecule has 0 radical (unpaired) electrons. The van der Waals surface area contributed by atoms with Gasteiger partial charge in [-0.25, -0.2) is 0 Å². The number of allylic oxidation sites excluding steroid dienone is 1. The lowest BCUT2D eigenvalue weighted by atomic mass is 9.78. The molecule has 2 aliphatic carbocycles. The number of benzene rings is 1. The van der Waals surface area contributed by atoms with E-state index in [1.807, 2.05) is 0 Å². The first-order valence-corrected chi connectivity index (χ1v) is 6.06. The lowest BCUT2D eigenvalue weighted by molar-refractivity contribution is 0.498. The first-order valence-electron chi connectivity index (χ1n) is 6.06. The Balaban J connectivity index is 1.98. The molecule has 2 atom stereocenters. The molecule has 1 fully saturated rings. The molecule has 3 rings (SSSR count). The average molecular weight is 198 g/mol. The average Bonchev–Trinajstić information content (AvgIpc) is 2.94. The fourth-order valence-corrected chi connectivity index (χ4v) is 3.48. The summed E-state index contributed by atoms with van der Waals surface area (Å²) in [5, 5.41) is 0. The van der Waals surface area contributed by atoms with Gasteiger partial charge in [0.05, 0.1) is 0 Å². The van der Waals surface area contributed by atoms with Crippen molar-refractivity contribution in [2.24, 2.45) is 5.92 Å². The Morgan fingerprint density at radius 1 is 1.40 bits per heavy atom. The van der Waals surface area contributed by atoms with E-state index >= 15 is 0 Å². The largest absolute Gasteiger partial charge is 0.103 e. The molecule has 1 spiro atoms. The zero-order valence-corrected chi connectivity index (χ0v) is 9.21. The summed E-state index contributed by atoms with van der Waals surface area (Å²) in [4.78, 5) is 0. The molecule has 2 aliphatic rings. The van der Waals surface area contributed by atoms with Crippen LogP contribution in [0.25, 0.3) is 0 Å². The number of fused-ring (bicyclic) bond motifs is 2. The van der Waals surface area contributed by atoms with Gasteiger partial charge in [0.2, 0.25) is 0 Å². The van der Waals surface area contributed by atoms with Gasteiger partial charge in [-0.2, -0.15) is 0 Å². The van der Waals surface area contributed by atoms with E-state index in [1.54, 1.807) is 11.1 Å². The predicted octanol–water partition coefficient (Wildman–Crippen LogP) is 3.86. The number of aryl methyl sites for hydroxylation is 1. The Hall–Kier alpha value is -1.04. The van der Waals surface area contributed by atoms with E-state index in [2.05, 4.69) is 36.9 Å². The summed E-state index contributed by atoms with van der Waals surface area (Å²) in [6, 6.07) is 9.06. The number of rotatable bonds is 2. The van der Waals surface area contributed by atoms with Crippen LogP contribution in [0.2, 0.25) is 0 Å². The van der Waals surface area contributed by atoms with Gasteiger partial charge in [0, 0.05) is 0 Å². The van der Waals surface area contributed by atoms with E-state index in [9.17, 15) is 0 Å². The van der Waals surface area contributed by atoms with Crippen molar-refractivity contribution in [1.29, 1.82) is 0 Å². The Morgan fingerprint density at radius 3 is 3.13 bits per heavy atom. The minimum absolute atomic E-state index is 0.559. The van der Waals surface area contributed by atoms with Gasteiger partial charge in [0.25, 0.3) is 0 Å². The van der Waals surface area contributed by atoms with E-state index in [4.69, 9.17) is 0 Å². The summed E-state index contributed by atoms with van der Waals surface area (Å²) in [5.74, 6) is 0.886. The summed E-state index contributed by atoms with van der Waals surface area (Å²) < 4.78 is 0. The Morgan fingerprint density at radius 2 is 2.27 bits per heavy atom. The van der Waals surface area contributed by atoms with Crippen molar-refractivity contribution in [2.75, 3.05) is 0 Å². The molecular weight excluding hydrogens is 180 g/mol. The van der Waals surface area contributed by atoms with Crippen LogP contribution < -0.4 is 0 Å². The number of hydrogen-bond donors (Lipinski definition) is 0. The quantitative estimate of drug-likeness (QED) is 0.633. The van der Waals surface area contributed by atoms with Gasteiger partial charge in [-0.1, -0.05) is 30.3 Å². The maximum absolute atomic E-state index is 3.87. The second-order valence-electron chi connectivity index (χ2n) is 5.09. The van der Waals surface area contributed by atoms with Crippen LogP contribution in [0.15, 0.2) is 36.9 Å². The van der Waals surface area contributed by atoms with Crippen LogP contribution in [0.4, 0.5) is 0 Å². The van der Waals surface area contributed by atoms with Gasteiger partial charge >= 0.3 is 0 Å². The monoisotopic (exact) mass is 198 g/mol. The zero-order valence-electron chi connectivity index (χ0n) is 9.21. The van der Waals surface area contributed by atoms with Gasteiger partial charge < -0.3 is 0 Å². The van der Waals surface area contributed by atoms with Crippen molar-refractivity contribution in [1.82, 2.24) is 0 Å². The van der Waals surface area contributed by atoms with E-state index in [0.717, 1.165) is 5.92 Å². The molecule has 1 aromatic carbocycles. The summed E-state index contributed by atoms with van der Waals surface area (Å²) in [7, 11) is 0. The molecule has 0 aromatic heterocycles. The van der Waals surface area contributed by atoms with E-state index in [1.165, 1.54) is 32.1 Å².